The molecular formula is C15H20N2O2S. The molecule has 0 radical (unpaired) electrons. The van der Waals surface area contributed by atoms with Crippen molar-refractivity contribution < 1.29 is 9.59 Å². The van der Waals surface area contributed by atoms with Gasteiger partial charge in [-0.3, -0.25) is 9.59 Å². The largest absolute Gasteiger partial charge is 0.339 e. The van der Waals surface area contributed by atoms with E-state index in [2.05, 4.69) is 4.37 Å². The van der Waals surface area contributed by atoms with E-state index in [0.717, 1.165) is 43.7 Å². The molecule has 1 spiro atoms. The van der Waals surface area contributed by atoms with Gasteiger partial charge in [0.1, 0.15) is 4.88 Å². The highest BCUT2D eigenvalue weighted by Crippen LogP contribution is 2.46. The summed E-state index contributed by atoms with van der Waals surface area (Å²) in [6, 6.07) is 0. The second-order valence-electron chi connectivity index (χ2n) is 6.12. The summed E-state index contributed by atoms with van der Waals surface area (Å²) in [7, 11) is 0. The van der Waals surface area contributed by atoms with Crippen molar-refractivity contribution in [2.45, 2.75) is 45.4 Å². The predicted molar refractivity (Wildman–Crippen MR) is 78.3 cm³/mol. The molecule has 1 aliphatic carbocycles. The van der Waals surface area contributed by atoms with Gasteiger partial charge in [-0.25, -0.2) is 0 Å². The Morgan fingerprint density at radius 2 is 1.90 bits per heavy atom. The van der Waals surface area contributed by atoms with Crippen LogP contribution in [0, 0.1) is 12.3 Å². The predicted octanol–water partition coefficient (Wildman–Crippen LogP) is 3.06. The van der Waals surface area contributed by atoms with E-state index in [0.29, 0.717) is 21.5 Å². The van der Waals surface area contributed by atoms with Gasteiger partial charge in [-0.05, 0) is 49.6 Å². The third-order valence-corrected chi connectivity index (χ3v) is 5.85. The lowest BCUT2D eigenvalue weighted by Crippen LogP contribution is -2.42. The standard InChI is InChI=1S/C15H20N2O2S/c1-11-13(12(10-18)20-16-11)14(19)17-8-6-15(7-9-17)4-2-3-5-15/h10H,2-9H2,1H3. The van der Waals surface area contributed by atoms with Gasteiger partial charge < -0.3 is 4.90 Å². The molecule has 1 amide bonds. The zero-order valence-electron chi connectivity index (χ0n) is 11.9. The minimum atomic E-state index is -0.00815. The van der Waals surface area contributed by atoms with Gasteiger partial charge >= 0.3 is 0 Å². The van der Waals surface area contributed by atoms with Crippen molar-refractivity contribution in [2.24, 2.45) is 5.41 Å². The SMILES string of the molecule is Cc1nsc(C=O)c1C(=O)N1CCC2(CCCC2)CC1. The lowest BCUT2D eigenvalue weighted by atomic mass is 9.77. The fraction of sp³-hybridized carbons (Fsp3) is 0.667. The summed E-state index contributed by atoms with van der Waals surface area (Å²) in [4.78, 5) is 26.0. The Bertz CT molecular complexity index is 522. The van der Waals surface area contributed by atoms with Crippen LogP contribution in [0.25, 0.3) is 0 Å². The topological polar surface area (TPSA) is 50.3 Å². The molecule has 1 saturated carbocycles. The first-order valence-corrected chi connectivity index (χ1v) is 8.13. The summed E-state index contributed by atoms with van der Waals surface area (Å²) < 4.78 is 4.14. The van der Waals surface area contributed by atoms with Crippen molar-refractivity contribution in [1.82, 2.24) is 9.27 Å². The van der Waals surface area contributed by atoms with E-state index < -0.39 is 0 Å². The van der Waals surface area contributed by atoms with E-state index in [1.165, 1.54) is 25.7 Å². The normalized spacial score (nSPS) is 21.4. The van der Waals surface area contributed by atoms with Crippen molar-refractivity contribution in [3.05, 3.63) is 16.1 Å². The molecule has 4 nitrogen and oxygen atoms in total. The molecule has 0 unspecified atom stereocenters. The number of amides is 1. The molecule has 0 aromatic carbocycles. The Hall–Kier alpha value is -1.23. The number of carbonyl (C=O) groups excluding carboxylic acids is 2. The van der Waals surface area contributed by atoms with Gasteiger partial charge in [0.2, 0.25) is 0 Å². The van der Waals surface area contributed by atoms with Crippen LogP contribution in [-0.2, 0) is 0 Å². The molecule has 20 heavy (non-hydrogen) atoms. The smallest absolute Gasteiger partial charge is 0.257 e. The highest BCUT2D eigenvalue weighted by Gasteiger charge is 2.38. The van der Waals surface area contributed by atoms with Gasteiger partial charge in [0, 0.05) is 13.1 Å². The molecule has 5 heteroatoms. The number of aldehydes is 1. The first kappa shape index (κ1) is 13.7. The molecule has 108 valence electrons. The zero-order chi connectivity index (χ0) is 14.2. The van der Waals surface area contributed by atoms with Crippen LogP contribution in [0.1, 0.15) is 64.2 Å². The average molecular weight is 292 g/mol. The molecule has 2 heterocycles. The Balaban J connectivity index is 1.73. The number of hydrogen-bond donors (Lipinski definition) is 0. The molecule has 2 aliphatic rings. The summed E-state index contributed by atoms with van der Waals surface area (Å²) in [5, 5.41) is 0. The summed E-state index contributed by atoms with van der Waals surface area (Å²) in [6.45, 7) is 3.46. The number of hydrogen-bond acceptors (Lipinski definition) is 4. The number of aryl methyl sites for hydroxylation is 1. The monoisotopic (exact) mass is 292 g/mol. The fourth-order valence-electron chi connectivity index (χ4n) is 3.70. The van der Waals surface area contributed by atoms with Crippen LogP contribution in [0.2, 0.25) is 0 Å². The average Bonchev–Trinajstić information content (AvgIpc) is 3.06. The van der Waals surface area contributed by atoms with Crippen LogP contribution in [-0.4, -0.2) is 34.6 Å². The maximum Gasteiger partial charge on any atom is 0.257 e. The lowest BCUT2D eigenvalue weighted by Gasteiger charge is -2.39. The van der Waals surface area contributed by atoms with Crippen LogP contribution in [0.3, 0.4) is 0 Å². The van der Waals surface area contributed by atoms with Crippen LogP contribution in [0.4, 0.5) is 0 Å². The Morgan fingerprint density at radius 3 is 2.50 bits per heavy atom. The molecular weight excluding hydrogens is 272 g/mol. The number of rotatable bonds is 2. The zero-order valence-corrected chi connectivity index (χ0v) is 12.7. The Kier molecular flexibility index (Phi) is 3.63. The van der Waals surface area contributed by atoms with E-state index in [1.54, 1.807) is 6.92 Å². The van der Waals surface area contributed by atoms with E-state index in [-0.39, 0.29) is 5.91 Å². The summed E-state index contributed by atoms with van der Waals surface area (Å²) in [5.41, 5.74) is 1.71. The maximum atomic E-state index is 12.6. The minimum absolute atomic E-state index is 0.00815. The van der Waals surface area contributed by atoms with Gasteiger partial charge in [-0.2, -0.15) is 4.37 Å². The third-order valence-electron chi connectivity index (χ3n) is 4.99. The lowest BCUT2D eigenvalue weighted by molar-refractivity contribution is 0.0585. The van der Waals surface area contributed by atoms with E-state index in [4.69, 9.17) is 0 Å². The van der Waals surface area contributed by atoms with Crippen LogP contribution in [0.5, 0.6) is 0 Å². The van der Waals surface area contributed by atoms with Gasteiger partial charge in [0.15, 0.2) is 6.29 Å². The van der Waals surface area contributed by atoms with Crippen molar-refractivity contribution in [3.8, 4) is 0 Å². The summed E-state index contributed by atoms with van der Waals surface area (Å²) in [6.07, 6.45) is 8.33. The molecule has 1 aromatic heterocycles. The van der Waals surface area contributed by atoms with Crippen LogP contribution >= 0.6 is 11.5 Å². The molecule has 1 saturated heterocycles. The highest BCUT2D eigenvalue weighted by molar-refractivity contribution is 7.08. The number of carbonyl (C=O) groups is 2. The second-order valence-corrected chi connectivity index (χ2v) is 6.93. The Morgan fingerprint density at radius 1 is 1.25 bits per heavy atom. The van der Waals surface area contributed by atoms with Gasteiger partial charge in [0.25, 0.3) is 5.91 Å². The van der Waals surface area contributed by atoms with E-state index in [9.17, 15) is 9.59 Å². The molecule has 1 aliphatic heterocycles. The molecule has 3 rings (SSSR count). The second kappa shape index (κ2) is 5.28. The Labute approximate surface area is 123 Å². The highest BCUT2D eigenvalue weighted by atomic mass is 32.1. The first-order chi connectivity index (χ1) is 9.65. The van der Waals surface area contributed by atoms with Crippen LogP contribution in [0.15, 0.2) is 0 Å². The maximum absolute atomic E-state index is 12.6. The van der Waals surface area contributed by atoms with E-state index >= 15 is 0 Å². The summed E-state index contributed by atoms with van der Waals surface area (Å²) in [5.74, 6) is -0.00815. The number of aromatic nitrogens is 1. The van der Waals surface area contributed by atoms with Crippen molar-refractivity contribution in [1.29, 1.82) is 0 Å². The third kappa shape index (κ3) is 2.28. The molecule has 0 atom stereocenters. The molecule has 0 N–H and O–H groups in total. The first-order valence-electron chi connectivity index (χ1n) is 7.36. The molecule has 1 aromatic rings. The van der Waals surface area contributed by atoms with E-state index in [1.807, 2.05) is 4.90 Å². The van der Waals surface area contributed by atoms with Crippen molar-refractivity contribution in [2.75, 3.05) is 13.1 Å². The minimum Gasteiger partial charge on any atom is -0.339 e. The molecule has 2 fully saturated rings. The number of likely N-dealkylation sites (tertiary alicyclic amines) is 1. The van der Waals surface area contributed by atoms with Crippen LogP contribution < -0.4 is 0 Å². The van der Waals surface area contributed by atoms with Gasteiger partial charge in [-0.1, -0.05) is 12.8 Å². The van der Waals surface area contributed by atoms with Crippen molar-refractivity contribution >= 4 is 23.7 Å². The molecule has 0 bridgehead atoms. The van der Waals surface area contributed by atoms with Gasteiger partial charge in [0.05, 0.1) is 11.3 Å². The quantitative estimate of drug-likeness (QED) is 0.787. The number of nitrogens with zero attached hydrogens (tertiary/aromatic N) is 2. The number of piperidine rings is 1. The van der Waals surface area contributed by atoms with Crippen molar-refractivity contribution in [3.63, 3.8) is 0 Å². The van der Waals surface area contributed by atoms with Gasteiger partial charge in [-0.15, -0.1) is 0 Å². The fourth-order valence-corrected chi connectivity index (χ4v) is 4.39. The summed E-state index contributed by atoms with van der Waals surface area (Å²) >= 11 is 1.12.